The van der Waals surface area contributed by atoms with Crippen LogP contribution in [-0.4, -0.2) is 34.2 Å². The maximum Gasteiger partial charge on any atom is 0.223 e. The van der Waals surface area contributed by atoms with Gasteiger partial charge in [0.05, 0.1) is 18.5 Å². The normalized spacial score (nSPS) is 14.9. The van der Waals surface area contributed by atoms with Gasteiger partial charge in [-0.2, -0.15) is 0 Å². The minimum Gasteiger partial charge on any atom is -0.463 e. The van der Waals surface area contributed by atoms with Gasteiger partial charge in [0.1, 0.15) is 5.69 Å². The van der Waals surface area contributed by atoms with Crippen LogP contribution in [0.1, 0.15) is 18.5 Å². The van der Waals surface area contributed by atoms with Gasteiger partial charge >= 0.3 is 0 Å². The Morgan fingerprint density at radius 3 is 2.67 bits per heavy atom. The van der Waals surface area contributed by atoms with Crippen LogP contribution in [0.4, 0.5) is 5.82 Å². The summed E-state index contributed by atoms with van der Waals surface area (Å²) in [5.41, 5.74) is 1.59. The van der Waals surface area contributed by atoms with E-state index in [0.29, 0.717) is 18.0 Å². The average molecular weight is 363 g/mol. The largest absolute Gasteiger partial charge is 0.463 e. The van der Waals surface area contributed by atoms with Crippen molar-refractivity contribution in [3.8, 4) is 11.5 Å². The summed E-state index contributed by atoms with van der Waals surface area (Å²) in [6, 6.07) is 13.2. The number of piperidine rings is 1. The van der Waals surface area contributed by atoms with Crippen LogP contribution in [0.2, 0.25) is 0 Å². The topological polar surface area (TPSA) is 84.2 Å². The number of pyridine rings is 1. The van der Waals surface area contributed by atoms with E-state index in [2.05, 4.69) is 25.4 Å². The van der Waals surface area contributed by atoms with Crippen molar-refractivity contribution in [2.24, 2.45) is 5.92 Å². The molecular weight excluding hydrogens is 342 g/mol. The number of hydrogen-bond donors (Lipinski definition) is 1. The molecule has 138 valence electrons. The molecule has 3 aromatic rings. The van der Waals surface area contributed by atoms with Gasteiger partial charge in [-0.25, -0.2) is 0 Å². The maximum atomic E-state index is 12.4. The van der Waals surface area contributed by atoms with Crippen molar-refractivity contribution >= 4 is 11.7 Å². The minimum atomic E-state index is 0.0281. The fraction of sp³-hybridized carbons (Fsp3) is 0.300. The summed E-state index contributed by atoms with van der Waals surface area (Å²) in [5.74, 6) is 1.66. The highest BCUT2D eigenvalue weighted by molar-refractivity contribution is 5.78. The van der Waals surface area contributed by atoms with E-state index < -0.39 is 0 Å². The lowest BCUT2D eigenvalue weighted by atomic mass is 9.96. The number of aromatic nitrogens is 3. The highest BCUT2D eigenvalue weighted by Crippen LogP contribution is 2.23. The highest BCUT2D eigenvalue weighted by atomic mass is 16.3. The van der Waals surface area contributed by atoms with Crippen molar-refractivity contribution < 1.29 is 9.21 Å². The SMILES string of the molecule is O=C(NCc1ccccn1)C1CCN(c2ccc(-c3ccco3)nn2)CC1. The molecule has 1 saturated heterocycles. The molecule has 27 heavy (non-hydrogen) atoms. The van der Waals surface area contributed by atoms with Crippen LogP contribution in [0.15, 0.2) is 59.3 Å². The fourth-order valence-corrected chi connectivity index (χ4v) is 3.25. The van der Waals surface area contributed by atoms with Crippen LogP contribution in [0, 0.1) is 5.92 Å². The summed E-state index contributed by atoms with van der Waals surface area (Å²) < 4.78 is 5.34. The third-order valence-electron chi connectivity index (χ3n) is 4.78. The molecule has 1 amide bonds. The van der Waals surface area contributed by atoms with Gasteiger partial charge in [-0.1, -0.05) is 6.07 Å². The Hall–Kier alpha value is -3.22. The average Bonchev–Trinajstić information content (AvgIpc) is 3.28. The van der Waals surface area contributed by atoms with Gasteiger partial charge in [-0.3, -0.25) is 9.78 Å². The first kappa shape index (κ1) is 17.2. The van der Waals surface area contributed by atoms with Gasteiger partial charge < -0.3 is 14.6 Å². The van der Waals surface area contributed by atoms with Crippen LogP contribution in [0.3, 0.4) is 0 Å². The molecule has 3 aromatic heterocycles. The van der Waals surface area contributed by atoms with Crippen molar-refractivity contribution in [1.82, 2.24) is 20.5 Å². The van der Waals surface area contributed by atoms with Crippen molar-refractivity contribution in [1.29, 1.82) is 0 Å². The number of nitrogens with one attached hydrogen (secondary N) is 1. The number of nitrogens with zero attached hydrogens (tertiary/aromatic N) is 4. The fourth-order valence-electron chi connectivity index (χ4n) is 3.25. The number of hydrogen-bond acceptors (Lipinski definition) is 6. The molecule has 0 spiro atoms. The second-order valence-corrected chi connectivity index (χ2v) is 6.55. The predicted molar refractivity (Wildman–Crippen MR) is 101 cm³/mol. The second-order valence-electron chi connectivity index (χ2n) is 6.55. The molecule has 7 heteroatoms. The molecule has 4 heterocycles. The van der Waals surface area contributed by atoms with E-state index in [1.807, 2.05) is 42.5 Å². The Morgan fingerprint density at radius 2 is 2.00 bits per heavy atom. The minimum absolute atomic E-state index is 0.0281. The molecule has 4 rings (SSSR count). The zero-order valence-corrected chi connectivity index (χ0v) is 14.9. The number of amides is 1. The molecule has 1 aliphatic rings. The van der Waals surface area contributed by atoms with Gasteiger partial charge in [-0.05, 0) is 49.2 Å². The molecule has 0 aliphatic carbocycles. The number of anilines is 1. The Morgan fingerprint density at radius 1 is 1.11 bits per heavy atom. The van der Waals surface area contributed by atoms with Crippen molar-refractivity contribution in [2.75, 3.05) is 18.0 Å². The molecule has 0 bridgehead atoms. The molecule has 0 aromatic carbocycles. The molecule has 0 saturated carbocycles. The van der Waals surface area contributed by atoms with E-state index in [-0.39, 0.29) is 11.8 Å². The molecule has 0 radical (unpaired) electrons. The van der Waals surface area contributed by atoms with Gasteiger partial charge in [0, 0.05) is 25.2 Å². The molecule has 7 nitrogen and oxygen atoms in total. The highest BCUT2D eigenvalue weighted by Gasteiger charge is 2.25. The van der Waals surface area contributed by atoms with E-state index in [1.54, 1.807) is 12.5 Å². The lowest BCUT2D eigenvalue weighted by Gasteiger charge is -2.31. The quantitative estimate of drug-likeness (QED) is 0.750. The summed E-state index contributed by atoms with van der Waals surface area (Å²) in [6.45, 7) is 2.05. The smallest absolute Gasteiger partial charge is 0.223 e. The zero-order valence-electron chi connectivity index (χ0n) is 14.9. The summed E-state index contributed by atoms with van der Waals surface area (Å²) in [6.07, 6.45) is 4.96. The third kappa shape index (κ3) is 4.13. The van der Waals surface area contributed by atoms with E-state index in [0.717, 1.165) is 37.4 Å². The summed E-state index contributed by atoms with van der Waals surface area (Å²) in [4.78, 5) is 18.8. The van der Waals surface area contributed by atoms with Gasteiger partial charge in [0.2, 0.25) is 5.91 Å². The molecule has 1 N–H and O–H groups in total. The second kappa shape index (κ2) is 7.99. The maximum absolute atomic E-state index is 12.4. The van der Waals surface area contributed by atoms with Crippen LogP contribution in [0.25, 0.3) is 11.5 Å². The summed E-state index contributed by atoms with van der Waals surface area (Å²) >= 11 is 0. The number of furan rings is 1. The Kier molecular flexibility index (Phi) is 5.09. The number of rotatable bonds is 5. The standard InChI is InChI=1S/C20H21N5O2/c26-20(22-14-16-4-1-2-10-21-16)15-8-11-25(12-9-15)19-7-6-17(23-24-19)18-5-3-13-27-18/h1-7,10,13,15H,8-9,11-12,14H2,(H,22,26). The molecule has 0 atom stereocenters. The lowest BCUT2D eigenvalue weighted by molar-refractivity contribution is -0.125. The van der Waals surface area contributed by atoms with Gasteiger partial charge in [0.25, 0.3) is 0 Å². The first-order chi connectivity index (χ1) is 13.3. The molecule has 1 fully saturated rings. The number of carbonyl (C=O) groups excluding carboxylic acids is 1. The Labute approximate surface area is 157 Å². The Bertz CT molecular complexity index is 857. The van der Waals surface area contributed by atoms with E-state index >= 15 is 0 Å². The monoisotopic (exact) mass is 363 g/mol. The van der Waals surface area contributed by atoms with Crippen molar-refractivity contribution in [2.45, 2.75) is 19.4 Å². The van der Waals surface area contributed by atoms with Crippen LogP contribution < -0.4 is 10.2 Å². The van der Waals surface area contributed by atoms with E-state index in [1.165, 1.54) is 0 Å². The first-order valence-corrected chi connectivity index (χ1v) is 9.10. The summed E-state index contributed by atoms with van der Waals surface area (Å²) in [7, 11) is 0. The van der Waals surface area contributed by atoms with E-state index in [9.17, 15) is 4.79 Å². The first-order valence-electron chi connectivity index (χ1n) is 9.10. The molecular formula is C20H21N5O2. The molecule has 0 unspecified atom stereocenters. The predicted octanol–water partition coefficient (Wildman–Crippen LogP) is 2.66. The van der Waals surface area contributed by atoms with Gasteiger partial charge in [0.15, 0.2) is 11.6 Å². The van der Waals surface area contributed by atoms with Crippen molar-refractivity contribution in [3.05, 3.63) is 60.6 Å². The van der Waals surface area contributed by atoms with E-state index in [4.69, 9.17) is 4.42 Å². The Balaban J connectivity index is 1.29. The van der Waals surface area contributed by atoms with Crippen LogP contribution in [-0.2, 0) is 11.3 Å². The van der Waals surface area contributed by atoms with Crippen LogP contribution in [0.5, 0.6) is 0 Å². The lowest BCUT2D eigenvalue weighted by Crippen LogP contribution is -2.40. The zero-order chi connectivity index (χ0) is 18.5. The third-order valence-corrected chi connectivity index (χ3v) is 4.78. The van der Waals surface area contributed by atoms with Crippen LogP contribution >= 0.6 is 0 Å². The molecule has 1 aliphatic heterocycles. The number of carbonyl (C=O) groups is 1. The summed E-state index contributed by atoms with van der Waals surface area (Å²) in [5, 5.41) is 11.5. The van der Waals surface area contributed by atoms with Crippen molar-refractivity contribution in [3.63, 3.8) is 0 Å². The van der Waals surface area contributed by atoms with Gasteiger partial charge in [-0.15, -0.1) is 10.2 Å².